The topological polar surface area (TPSA) is 72.8 Å². The van der Waals surface area contributed by atoms with Crippen molar-refractivity contribution in [3.8, 4) is 0 Å². The minimum absolute atomic E-state index is 0.207. The molecule has 0 atom stereocenters. The Balaban J connectivity index is 4.62. The summed E-state index contributed by atoms with van der Waals surface area (Å²) in [6.45, 7) is 9.00. The Kier molecular flexibility index (Phi) is 13.8. The summed E-state index contributed by atoms with van der Waals surface area (Å²) in [6.07, 6.45) is 9.62. The fourth-order valence-electron chi connectivity index (χ4n) is 3.30. The molecule has 0 heterocycles. The van der Waals surface area contributed by atoms with Crippen LogP contribution in [0.5, 0.6) is 0 Å². The van der Waals surface area contributed by atoms with E-state index >= 15 is 0 Å². The second kappa shape index (κ2) is 13.9. The average Bonchev–Trinajstić information content (AvgIpc) is 2.52. The predicted octanol–water partition coefficient (Wildman–Crippen LogP) is 4.25. The summed E-state index contributed by atoms with van der Waals surface area (Å²) in [4.78, 5) is 0. The van der Waals surface area contributed by atoms with Crippen LogP contribution in [0.1, 0.15) is 78.6 Å². The van der Waals surface area contributed by atoms with Crippen molar-refractivity contribution < 1.29 is 26.9 Å². The van der Waals surface area contributed by atoms with Crippen LogP contribution < -0.4 is 0 Å². The van der Waals surface area contributed by atoms with E-state index in [1.54, 1.807) is 0 Å². The van der Waals surface area contributed by atoms with Gasteiger partial charge in [0.2, 0.25) is 5.79 Å². The maximum Gasteiger partial charge on any atom is 0.265 e. The molecule has 0 fully saturated rings. The molecule has 0 radical (unpaired) electrons. The van der Waals surface area contributed by atoms with Crippen molar-refractivity contribution in [2.24, 2.45) is 0 Å². The summed E-state index contributed by atoms with van der Waals surface area (Å²) < 4.78 is 43.8. The number of hydrogen-bond acceptors (Lipinski definition) is 4. The fourth-order valence-corrected chi connectivity index (χ4v) is 3.79. The van der Waals surface area contributed by atoms with Crippen LogP contribution in [-0.4, -0.2) is 69.4 Å². The smallest absolute Gasteiger partial charge is 0.265 e. The second-order valence-electron chi connectivity index (χ2n) is 8.41. The van der Waals surface area contributed by atoms with Gasteiger partial charge in [0, 0.05) is 6.42 Å². The molecule has 7 heteroatoms. The third kappa shape index (κ3) is 16.4. The van der Waals surface area contributed by atoms with E-state index in [4.69, 9.17) is 14.0 Å². The van der Waals surface area contributed by atoms with Gasteiger partial charge in [0.25, 0.3) is 10.1 Å². The zero-order chi connectivity index (χ0) is 20.8. The van der Waals surface area contributed by atoms with Gasteiger partial charge in [-0.3, -0.25) is 4.55 Å². The maximum atomic E-state index is 11.0. The Bertz CT molecular complexity index is 451. The minimum Gasteiger partial charge on any atom is -0.345 e. The van der Waals surface area contributed by atoms with Gasteiger partial charge >= 0.3 is 0 Å². The minimum atomic E-state index is -3.91. The Morgan fingerprint density at radius 3 is 1.74 bits per heavy atom. The van der Waals surface area contributed by atoms with Gasteiger partial charge in [0.15, 0.2) is 0 Å². The van der Waals surface area contributed by atoms with E-state index in [1.165, 1.54) is 25.7 Å². The summed E-state index contributed by atoms with van der Waals surface area (Å²) in [5.74, 6) is -0.888. The lowest BCUT2D eigenvalue weighted by atomic mass is 10.2. The van der Waals surface area contributed by atoms with E-state index in [-0.39, 0.29) is 5.75 Å². The van der Waals surface area contributed by atoms with Gasteiger partial charge in [0.05, 0.1) is 39.6 Å². The number of nitrogens with zero attached hydrogens (tertiary/aromatic N) is 1. The first-order valence-electron chi connectivity index (χ1n) is 10.6. The third-order valence-electron chi connectivity index (χ3n) is 4.69. The SMILES string of the molecule is CCCCCCOC(C)(C[N+](C)(C)CCCS(=O)(=O)O)OCCCCCC. The molecule has 6 nitrogen and oxygen atoms in total. The molecule has 1 N–H and O–H groups in total. The largest absolute Gasteiger partial charge is 0.345 e. The highest BCUT2D eigenvalue weighted by atomic mass is 32.2. The number of rotatable bonds is 18. The van der Waals surface area contributed by atoms with Gasteiger partial charge in [-0.1, -0.05) is 52.4 Å². The van der Waals surface area contributed by atoms with Gasteiger partial charge in [-0.2, -0.15) is 8.42 Å². The highest BCUT2D eigenvalue weighted by Crippen LogP contribution is 2.20. The van der Waals surface area contributed by atoms with Crippen LogP contribution in [0, 0.1) is 0 Å². The lowest BCUT2D eigenvalue weighted by Gasteiger charge is -2.39. The van der Waals surface area contributed by atoms with Crippen LogP contribution in [0.2, 0.25) is 0 Å². The summed E-state index contributed by atoms with van der Waals surface area (Å²) >= 11 is 0. The fraction of sp³-hybridized carbons (Fsp3) is 1.00. The van der Waals surface area contributed by atoms with Gasteiger partial charge in [0.1, 0.15) is 6.54 Å². The van der Waals surface area contributed by atoms with E-state index in [9.17, 15) is 8.42 Å². The maximum absolute atomic E-state index is 11.0. The first-order valence-corrected chi connectivity index (χ1v) is 12.2. The van der Waals surface area contributed by atoms with E-state index < -0.39 is 15.9 Å². The van der Waals surface area contributed by atoms with Gasteiger partial charge < -0.3 is 14.0 Å². The van der Waals surface area contributed by atoms with Crippen molar-refractivity contribution in [1.29, 1.82) is 0 Å². The molecular formula is C20H44NO5S+. The summed E-state index contributed by atoms with van der Waals surface area (Å²) in [5.41, 5.74) is 0. The highest BCUT2D eigenvalue weighted by molar-refractivity contribution is 7.85. The van der Waals surface area contributed by atoms with Crippen LogP contribution in [0.4, 0.5) is 0 Å². The molecule has 0 aromatic carbocycles. The predicted molar refractivity (Wildman–Crippen MR) is 111 cm³/mol. The quantitative estimate of drug-likeness (QED) is 0.158. The van der Waals surface area contributed by atoms with Gasteiger partial charge in [-0.25, -0.2) is 0 Å². The normalized spacial score (nSPS) is 13.3. The van der Waals surface area contributed by atoms with E-state index in [1.807, 2.05) is 21.0 Å². The molecule has 164 valence electrons. The van der Waals surface area contributed by atoms with Crippen molar-refractivity contribution >= 4 is 10.1 Å². The molecule has 0 amide bonds. The lowest BCUT2D eigenvalue weighted by Crippen LogP contribution is -2.53. The van der Waals surface area contributed by atoms with Crippen molar-refractivity contribution in [3.63, 3.8) is 0 Å². The number of hydrogen-bond donors (Lipinski definition) is 1. The molecule has 0 saturated heterocycles. The Morgan fingerprint density at radius 2 is 1.33 bits per heavy atom. The van der Waals surface area contributed by atoms with Crippen LogP contribution >= 0.6 is 0 Å². The zero-order valence-corrected chi connectivity index (χ0v) is 19.2. The standard InChI is InChI=1S/C20H43NO5S/c1-6-8-10-12-16-25-20(3,26-17-13-11-9-7-2)19-21(4,5)15-14-18-27(22,23)24/h6-19H2,1-5H3/p+1. The Morgan fingerprint density at radius 1 is 0.852 bits per heavy atom. The summed E-state index contributed by atoms with van der Waals surface area (Å²) in [6, 6.07) is 0. The van der Waals surface area contributed by atoms with Crippen LogP contribution in [-0.2, 0) is 19.6 Å². The van der Waals surface area contributed by atoms with E-state index in [2.05, 4.69) is 13.8 Å². The lowest BCUT2D eigenvalue weighted by molar-refractivity contribution is -0.900. The van der Waals surface area contributed by atoms with Gasteiger partial charge in [-0.05, 0) is 19.8 Å². The molecule has 0 aliphatic heterocycles. The number of quaternary nitrogens is 1. The zero-order valence-electron chi connectivity index (χ0n) is 18.3. The molecule has 0 saturated carbocycles. The molecule has 0 aromatic rings. The van der Waals surface area contributed by atoms with E-state index in [0.717, 1.165) is 25.7 Å². The Hall–Kier alpha value is -0.210. The second-order valence-corrected chi connectivity index (χ2v) is 9.98. The first kappa shape index (κ1) is 26.8. The molecule has 0 unspecified atom stereocenters. The third-order valence-corrected chi connectivity index (χ3v) is 5.50. The van der Waals surface area contributed by atoms with Crippen molar-refractivity contribution in [2.45, 2.75) is 84.3 Å². The van der Waals surface area contributed by atoms with Crippen molar-refractivity contribution in [2.75, 3.05) is 46.2 Å². The first-order chi connectivity index (χ1) is 12.5. The molecule has 0 spiro atoms. The molecule has 0 aromatic heterocycles. The molecule has 27 heavy (non-hydrogen) atoms. The molecule has 0 aliphatic rings. The molecule has 0 aliphatic carbocycles. The van der Waals surface area contributed by atoms with Crippen molar-refractivity contribution in [1.82, 2.24) is 0 Å². The molecular weight excluding hydrogens is 366 g/mol. The van der Waals surface area contributed by atoms with Crippen molar-refractivity contribution in [3.05, 3.63) is 0 Å². The highest BCUT2D eigenvalue weighted by Gasteiger charge is 2.35. The number of likely N-dealkylation sites (N-methyl/N-ethyl adjacent to an activating group) is 1. The van der Waals surface area contributed by atoms with Crippen LogP contribution in [0.3, 0.4) is 0 Å². The Labute approximate surface area is 167 Å². The van der Waals surface area contributed by atoms with Crippen LogP contribution in [0.15, 0.2) is 0 Å². The monoisotopic (exact) mass is 410 g/mol. The summed E-state index contributed by atoms with van der Waals surface area (Å²) in [5, 5.41) is 0. The number of ether oxygens (including phenoxy) is 2. The number of unbranched alkanes of at least 4 members (excludes halogenated alkanes) is 6. The molecule has 0 bridgehead atoms. The van der Waals surface area contributed by atoms with Crippen LogP contribution in [0.25, 0.3) is 0 Å². The van der Waals surface area contributed by atoms with E-state index in [0.29, 0.717) is 37.2 Å². The molecule has 0 rings (SSSR count). The average molecular weight is 411 g/mol. The summed E-state index contributed by atoms with van der Waals surface area (Å²) in [7, 11) is 0.181. The van der Waals surface area contributed by atoms with Gasteiger partial charge in [-0.15, -0.1) is 0 Å².